The number of rotatable bonds is 6. The van der Waals surface area contributed by atoms with E-state index < -0.39 is 5.60 Å². The Morgan fingerprint density at radius 2 is 1.72 bits per heavy atom. The summed E-state index contributed by atoms with van der Waals surface area (Å²) in [6, 6.07) is 0. The third-order valence-electron chi connectivity index (χ3n) is 10.3. The molecule has 0 heterocycles. The Balaban J connectivity index is 1.43. The third kappa shape index (κ3) is 4.44. The summed E-state index contributed by atoms with van der Waals surface area (Å²) in [5.41, 5.74) is 0.642. The van der Waals surface area contributed by atoms with Crippen molar-refractivity contribution in [3.05, 3.63) is 0 Å². The summed E-state index contributed by atoms with van der Waals surface area (Å²) in [7, 11) is 1.54. The SMILES string of the molecule is CC(C)(O)CCCC1CCC2C3CCC4CC(OSI)CCC4(C)C3CCC12C. The van der Waals surface area contributed by atoms with Crippen LogP contribution in [0.15, 0.2) is 0 Å². The normalized spacial score (nSPS) is 47.4. The van der Waals surface area contributed by atoms with Gasteiger partial charge in [0.2, 0.25) is 0 Å². The Labute approximate surface area is 195 Å². The Hall–Kier alpha value is 1.00. The molecule has 1 N–H and O–H groups in total. The van der Waals surface area contributed by atoms with Crippen molar-refractivity contribution in [2.45, 2.75) is 116 Å². The van der Waals surface area contributed by atoms with E-state index in [9.17, 15) is 5.11 Å². The predicted octanol–water partition coefficient (Wildman–Crippen LogP) is 7.97. The van der Waals surface area contributed by atoms with Crippen molar-refractivity contribution in [1.29, 1.82) is 0 Å². The first-order valence-electron chi connectivity index (χ1n) is 12.3. The van der Waals surface area contributed by atoms with Crippen molar-refractivity contribution in [1.82, 2.24) is 0 Å². The Morgan fingerprint density at radius 3 is 2.45 bits per heavy atom. The molecular formula is C25H43IO2S. The smallest absolute Gasteiger partial charge is 0.0735 e. The van der Waals surface area contributed by atoms with E-state index in [1.165, 1.54) is 70.6 Å². The van der Waals surface area contributed by atoms with Gasteiger partial charge in [0.15, 0.2) is 0 Å². The maximum Gasteiger partial charge on any atom is 0.0735 e. The van der Waals surface area contributed by atoms with Gasteiger partial charge in [0.25, 0.3) is 0 Å². The van der Waals surface area contributed by atoms with Crippen molar-refractivity contribution in [3.63, 3.8) is 0 Å². The van der Waals surface area contributed by atoms with Crippen LogP contribution in [0.1, 0.15) is 105 Å². The van der Waals surface area contributed by atoms with Crippen LogP contribution in [-0.4, -0.2) is 16.8 Å². The highest BCUT2D eigenvalue weighted by atomic mass is 127. The first kappa shape index (κ1) is 23.2. The number of hydrogen-bond donors (Lipinski definition) is 1. The number of aliphatic hydroxyl groups is 1. The maximum atomic E-state index is 10.1. The van der Waals surface area contributed by atoms with Gasteiger partial charge in [-0.15, -0.1) is 0 Å². The molecule has 0 aliphatic heterocycles. The average molecular weight is 535 g/mol. The summed E-state index contributed by atoms with van der Waals surface area (Å²) < 4.78 is 5.96. The molecule has 0 radical (unpaired) electrons. The monoisotopic (exact) mass is 534 g/mol. The lowest BCUT2D eigenvalue weighted by Gasteiger charge is -2.61. The van der Waals surface area contributed by atoms with Crippen LogP contribution < -0.4 is 0 Å². The predicted molar refractivity (Wildman–Crippen MR) is 132 cm³/mol. The molecule has 29 heavy (non-hydrogen) atoms. The van der Waals surface area contributed by atoms with Gasteiger partial charge in [-0.2, -0.15) is 0 Å². The van der Waals surface area contributed by atoms with E-state index in [4.69, 9.17) is 4.18 Å². The van der Waals surface area contributed by atoms with Gasteiger partial charge < -0.3 is 9.29 Å². The molecule has 0 aromatic heterocycles. The van der Waals surface area contributed by atoms with Gasteiger partial charge in [0.05, 0.1) is 20.9 Å². The van der Waals surface area contributed by atoms with Gasteiger partial charge in [0, 0.05) is 21.2 Å². The molecule has 4 heteroatoms. The number of fused-ring (bicyclic) bond motifs is 5. The molecule has 0 aromatic carbocycles. The summed E-state index contributed by atoms with van der Waals surface area (Å²) in [5, 5.41) is 10.1. The van der Waals surface area contributed by atoms with Crippen LogP contribution in [0, 0.1) is 40.4 Å². The third-order valence-corrected chi connectivity index (χ3v) is 11.3. The van der Waals surface area contributed by atoms with E-state index in [1.54, 1.807) is 9.21 Å². The minimum Gasteiger partial charge on any atom is -0.390 e. The molecule has 0 amide bonds. The zero-order valence-corrected chi connectivity index (χ0v) is 22.1. The Morgan fingerprint density at radius 1 is 1.00 bits per heavy atom. The van der Waals surface area contributed by atoms with Gasteiger partial charge in [-0.05, 0) is 125 Å². The maximum absolute atomic E-state index is 10.1. The van der Waals surface area contributed by atoms with Gasteiger partial charge in [0.1, 0.15) is 0 Å². The highest BCUT2D eigenvalue weighted by Gasteiger charge is 2.59. The number of hydrogen-bond acceptors (Lipinski definition) is 3. The van der Waals surface area contributed by atoms with Crippen molar-refractivity contribution in [3.8, 4) is 0 Å². The van der Waals surface area contributed by atoms with Crippen LogP contribution in [0.2, 0.25) is 0 Å². The van der Waals surface area contributed by atoms with Crippen LogP contribution in [-0.2, 0) is 4.18 Å². The molecular weight excluding hydrogens is 491 g/mol. The van der Waals surface area contributed by atoms with E-state index in [2.05, 4.69) is 35.1 Å². The summed E-state index contributed by atoms with van der Waals surface area (Å²) >= 11 is 2.29. The standard InChI is InChI=1S/C25H43IO2S/c1-23(2,27)13-5-6-17-8-10-21-20-9-7-18-16-19(28-29-26)11-14-25(18,4)22(20)12-15-24(17,21)3/h17-22,27H,5-16H2,1-4H3. The quantitative estimate of drug-likeness (QED) is 0.277. The summed E-state index contributed by atoms with van der Waals surface area (Å²) in [6.45, 7) is 9.26. The van der Waals surface area contributed by atoms with Gasteiger partial charge >= 0.3 is 0 Å². The molecule has 4 rings (SSSR count). The van der Waals surface area contributed by atoms with Crippen molar-refractivity contribution in [2.24, 2.45) is 40.4 Å². The fourth-order valence-corrected chi connectivity index (χ4v) is 9.88. The zero-order chi connectivity index (χ0) is 20.9. The van der Waals surface area contributed by atoms with Crippen LogP contribution >= 0.6 is 30.4 Å². The molecule has 0 saturated heterocycles. The molecule has 0 bridgehead atoms. The van der Waals surface area contributed by atoms with Crippen LogP contribution in [0.4, 0.5) is 0 Å². The molecule has 4 aliphatic rings. The first-order valence-corrected chi connectivity index (χ1v) is 15.6. The van der Waals surface area contributed by atoms with E-state index in [0.717, 1.165) is 36.0 Å². The molecule has 4 aliphatic carbocycles. The summed E-state index contributed by atoms with van der Waals surface area (Å²) in [4.78, 5) is 0. The highest BCUT2D eigenvalue weighted by molar-refractivity contribution is 14.2. The largest absolute Gasteiger partial charge is 0.390 e. The topological polar surface area (TPSA) is 29.5 Å². The van der Waals surface area contributed by atoms with Crippen LogP contribution in [0.3, 0.4) is 0 Å². The van der Waals surface area contributed by atoms with Gasteiger partial charge in [-0.1, -0.05) is 20.3 Å². The highest BCUT2D eigenvalue weighted by Crippen LogP contribution is 2.68. The van der Waals surface area contributed by atoms with Crippen molar-refractivity contribution >= 4 is 30.4 Å². The summed E-state index contributed by atoms with van der Waals surface area (Å²) in [5.74, 6) is 4.68. The minimum atomic E-state index is -0.498. The van der Waals surface area contributed by atoms with Crippen LogP contribution in [0.5, 0.6) is 0 Å². The van der Waals surface area contributed by atoms with Crippen molar-refractivity contribution in [2.75, 3.05) is 0 Å². The first-order chi connectivity index (χ1) is 13.7. The van der Waals surface area contributed by atoms with E-state index in [1.807, 2.05) is 13.8 Å². The lowest BCUT2D eigenvalue weighted by Crippen LogP contribution is -2.54. The molecule has 4 fully saturated rings. The molecule has 8 unspecified atom stereocenters. The molecule has 0 spiro atoms. The minimum absolute atomic E-state index is 0.493. The van der Waals surface area contributed by atoms with Gasteiger partial charge in [-0.25, -0.2) is 0 Å². The molecule has 168 valence electrons. The van der Waals surface area contributed by atoms with Crippen molar-refractivity contribution < 1.29 is 9.29 Å². The molecule has 4 saturated carbocycles. The zero-order valence-electron chi connectivity index (χ0n) is 19.1. The second kappa shape index (κ2) is 8.74. The second-order valence-corrected chi connectivity index (χ2v) is 13.6. The number of halogens is 1. The molecule has 8 atom stereocenters. The summed E-state index contributed by atoms with van der Waals surface area (Å²) in [6.07, 6.45) is 16.7. The molecule has 2 nitrogen and oxygen atoms in total. The fourth-order valence-electron chi connectivity index (χ4n) is 8.72. The fraction of sp³-hybridized carbons (Fsp3) is 1.00. The van der Waals surface area contributed by atoms with E-state index in [-0.39, 0.29) is 0 Å². The van der Waals surface area contributed by atoms with Gasteiger partial charge in [-0.3, -0.25) is 0 Å². The average Bonchev–Trinajstić information content (AvgIpc) is 2.98. The lowest BCUT2D eigenvalue weighted by atomic mass is 9.44. The van der Waals surface area contributed by atoms with E-state index in [0.29, 0.717) is 16.9 Å². The molecule has 0 aromatic rings. The second-order valence-electron chi connectivity index (χ2n) is 12.2. The lowest BCUT2D eigenvalue weighted by molar-refractivity contribution is -0.123. The van der Waals surface area contributed by atoms with E-state index >= 15 is 0 Å². The Kier molecular flexibility index (Phi) is 6.98. The Bertz CT molecular complexity index is 578. The van der Waals surface area contributed by atoms with Crippen LogP contribution in [0.25, 0.3) is 0 Å².